The van der Waals surface area contributed by atoms with Crippen molar-refractivity contribution in [1.29, 1.82) is 0 Å². The monoisotopic (exact) mass is 314 g/mol. The van der Waals surface area contributed by atoms with Crippen LogP contribution in [0.15, 0.2) is 29.2 Å². The van der Waals surface area contributed by atoms with Gasteiger partial charge in [0.15, 0.2) is 0 Å². The third-order valence-corrected chi connectivity index (χ3v) is 4.50. The standard InChI is InChI=1S/C14H22N2O4S/c1-4-9-16-21(19,20)12-7-5-11(6-8-12)15-10-14(2,3)13(17)18/h5-8,15-16H,4,9-10H2,1-3H3,(H,17,18). The molecule has 0 saturated heterocycles. The van der Waals surface area contributed by atoms with Crippen LogP contribution in [0.5, 0.6) is 0 Å². The Morgan fingerprint density at radius 3 is 2.29 bits per heavy atom. The van der Waals surface area contributed by atoms with Gasteiger partial charge in [-0.2, -0.15) is 0 Å². The first kappa shape index (κ1) is 17.5. The van der Waals surface area contributed by atoms with Crippen LogP contribution in [0.4, 0.5) is 5.69 Å². The van der Waals surface area contributed by atoms with Gasteiger partial charge in [-0.1, -0.05) is 6.92 Å². The molecule has 1 aromatic rings. The van der Waals surface area contributed by atoms with E-state index in [-0.39, 0.29) is 11.4 Å². The fourth-order valence-corrected chi connectivity index (χ4v) is 2.60. The van der Waals surface area contributed by atoms with Gasteiger partial charge in [0, 0.05) is 18.8 Å². The largest absolute Gasteiger partial charge is 0.481 e. The Labute approximate surface area is 125 Å². The number of nitrogens with one attached hydrogen (secondary N) is 2. The van der Waals surface area contributed by atoms with Gasteiger partial charge < -0.3 is 10.4 Å². The highest BCUT2D eigenvalue weighted by Crippen LogP contribution is 2.18. The van der Waals surface area contributed by atoms with E-state index in [0.717, 1.165) is 6.42 Å². The predicted molar refractivity (Wildman–Crippen MR) is 81.8 cm³/mol. The van der Waals surface area contributed by atoms with E-state index < -0.39 is 21.4 Å². The second kappa shape index (κ2) is 6.91. The summed E-state index contributed by atoms with van der Waals surface area (Å²) < 4.78 is 26.3. The summed E-state index contributed by atoms with van der Waals surface area (Å²) in [6, 6.07) is 6.24. The maximum absolute atomic E-state index is 11.9. The van der Waals surface area contributed by atoms with Crippen LogP contribution in [0, 0.1) is 5.41 Å². The quantitative estimate of drug-likeness (QED) is 0.681. The van der Waals surface area contributed by atoms with Crippen molar-refractivity contribution in [2.75, 3.05) is 18.4 Å². The first-order valence-electron chi connectivity index (χ1n) is 6.76. The average Bonchev–Trinajstić information content (AvgIpc) is 2.43. The van der Waals surface area contributed by atoms with Gasteiger partial charge in [0.1, 0.15) is 0 Å². The van der Waals surface area contributed by atoms with Gasteiger partial charge in [-0.3, -0.25) is 4.79 Å². The molecule has 0 aliphatic carbocycles. The summed E-state index contributed by atoms with van der Waals surface area (Å²) in [5, 5.41) is 12.0. The Morgan fingerprint density at radius 2 is 1.81 bits per heavy atom. The summed E-state index contributed by atoms with van der Waals surface area (Å²) >= 11 is 0. The molecule has 0 radical (unpaired) electrons. The number of rotatable bonds is 8. The van der Waals surface area contributed by atoms with Crippen LogP contribution < -0.4 is 10.0 Å². The van der Waals surface area contributed by atoms with Crippen LogP contribution in [0.3, 0.4) is 0 Å². The van der Waals surface area contributed by atoms with Crippen LogP contribution in [-0.4, -0.2) is 32.6 Å². The maximum Gasteiger partial charge on any atom is 0.310 e. The molecule has 1 rings (SSSR count). The third-order valence-electron chi connectivity index (χ3n) is 3.02. The van der Waals surface area contributed by atoms with Gasteiger partial charge in [-0.25, -0.2) is 13.1 Å². The zero-order valence-electron chi connectivity index (χ0n) is 12.5. The minimum absolute atomic E-state index is 0.194. The molecule has 1 aromatic carbocycles. The molecule has 0 fully saturated rings. The van der Waals surface area contributed by atoms with Crippen molar-refractivity contribution in [1.82, 2.24) is 4.72 Å². The first-order chi connectivity index (χ1) is 9.69. The van der Waals surface area contributed by atoms with Crippen molar-refractivity contribution in [2.45, 2.75) is 32.1 Å². The van der Waals surface area contributed by atoms with E-state index in [0.29, 0.717) is 12.2 Å². The highest BCUT2D eigenvalue weighted by atomic mass is 32.2. The van der Waals surface area contributed by atoms with E-state index in [1.165, 1.54) is 12.1 Å². The van der Waals surface area contributed by atoms with Crippen molar-refractivity contribution >= 4 is 21.7 Å². The lowest BCUT2D eigenvalue weighted by Crippen LogP contribution is -2.31. The third kappa shape index (κ3) is 5.02. The summed E-state index contributed by atoms with van der Waals surface area (Å²) in [4.78, 5) is 11.2. The summed E-state index contributed by atoms with van der Waals surface area (Å²) in [5.41, 5.74) is -0.216. The minimum Gasteiger partial charge on any atom is -0.481 e. The number of sulfonamides is 1. The number of aliphatic carboxylic acids is 1. The minimum atomic E-state index is -3.47. The number of carboxylic acid groups (broad SMARTS) is 1. The van der Waals surface area contributed by atoms with Gasteiger partial charge in [0.05, 0.1) is 10.3 Å². The van der Waals surface area contributed by atoms with Gasteiger partial charge in [-0.15, -0.1) is 0 Å². The maximum atomic E-state index is 11.9. The van der Waals surface area contributed by atoms with Crippen molar-refractivity contribution in [3.63, 3.8) is 0 Å². The molecule has 0 aromatic heterocycles. The molecule has 0 unspecified atom stereocenters. The molecule has 0 amide bonds. The molecule has 21 heavy (non-hydrogen) atoms. The molecule has 0 atom stereocenters. The molecule has 7 heteroatoms. The first-order valence-corrected chi connectivity index (χ1v) is 8.24. The number of carbonyl (C=O) groups is 1. The topological polar surface area (TPSA) is 95.5 Å². The summed E-state index contributed by atoms with van der Waals surface area (Å²) in [6.45, 7) is 5.78. The fraction of sp³-hybridized carbons (Fsp3) is 0.500. The molecule has 0 aliphatic rings. The molecular weight excluding hydrogens is 292 g/mol. The number of hydrogen-bond donors (Lipinski definition) is 3. The molecule has 6 nitrogen and oxygen atoms in total. The molecule has 118 valence electrons. The summed E-state index contributed by atoms with van der Waals surface area (Å²) in [7, 11) is -3.47. The molecule has 0 bridgehead atoms. The second-order valence-corrected chi connectivity index (χ2v) is 7.23. The Bertz CT molecular complexity index is 579. The normalized spacial score (nSPS) is 12.1. The zero-order valence-corrected chi connectivity index (χ0v) is 13.3. The molecule has 0 aliphatic heterocycles. The Balaban J connectivity index is 2.73. The number of benzene rings is 1. The van der Waals surface area contributed by atoms with Crippen molar-refractivity contribution in [3.8, 4) is 0 Å². The van der Waals surface area contributed by atoms with Gasteiger partial charge in [0.2, 0.25) is 10.0 Å². The van der Waals surface area contributed by atoms with E-state index >= 15 is 0 Å². The van der Waals surface area contributed by atoms with Crippen LogP contribution >= 0.6 is 0 Å². The van der Waals surface area contributed by atoms with E-state index in [2.05, 4.69) is 10.0 Å². The Hall–Kier alpha value is -1.60. The van der Waals surface area contributed by atoms with Crippen molar-refractivity contribution < 1.29 is 18.3 Å². The fourth-order valence-electron chi connectivity index (χ4n) is 1.47. The molecule has 0 saturated carbocycles. The van der Waals surface area contributed by atoms with Gasteiger partial charge >= 0.3 is 5.97 Å². The molecule has 0 spiro atoms. The van der Waals surface area contributed by atoms with Crippen LogP contribution in [0.1, 0.15) is 27.2 Å². The highest BCUT2D eigenvalue weighted by molar-refractivity contribution is 7.89. The molecule has 3 N–H and O–H groups in total. The summed E-state index contributed by atoms with van der Waals surface area (Å²) in [6.07, 6.45) is 0.725. The average molecular weight is 314 g/mol. The summed E-state index contributed by atoms with van der Waals surface area (Å²) in [5.74, 6) is -0.891. The van der Waals surface area contributed by atoms with Crippen LogP contribution in [0.2, 0.25) is 0 Å². The van der Waals surface area contributed by atoms with Crippen LogP contribution in [-0.2, 0) is 14.8 Å². The zero-order chi connectivity index (χ0) is 16.1. The lowest BCUT2D eigenvalue weighted by Gasteiger charge is -2.20. The van der Waals surface area contributed by atoms with Crippen LogP contribution in [0.25, 0.3) is 0 Å². The molecule has 0 heterocycles. The van der Waals surface area contributed by atoms with Crippen molar-refractivity contribution in [3.05, 3.63) is 24.3 Å². The number of anilines is 1. The lowest BCUT2D eigenvalue weighted by atomic mass is 9.94. The Kier molecular flexibility index (Phi) is 5.74. The van der Waals surface area contributed by atoms with E-state index in [1.807, 2.05) is 6.92 Å². The Morgan fingerprint density at radius 1 is 1.24 bits per heavy atom. The van der Waals surface area contributed by atoms with Gasteiger partial charge in [-0.05, 0) is 44.5 Å². The number of carboxylic acids is 1. The smallest absolute Gasteiger partial charge is 0.310 e. The number of hydrogen-bond acceptors (Lipinski definition) is 4. The van der Waals surface area contributed by atoms with E-state index in [1.54, 1.807) is 26.0 Å². The predicted octanol–water partition coefficient (Wildman–Crippen LogP) is 1.90. The SMILES string of the molecule is CCCNS(=O)(=O)c1ccc(NCC(C)(C)C(=O)O)cc1. The van der Waals surface area contributed by atoms with E-state index in [9.17, 15) is 13.2 Å². The van der Waals surface area contributed by atoms with E-state index in [4.69, 9.17) is 5.11 Å². The lowest BCUT2D eigenvalue weighted by molar-refractivity contribution is -0.146. The second-order valence-electron chi connectivity index (χ2n) is 5.46. The highest BCUT2D eigenvalue weighted by Gasteiger charge is 2.26. The van der Waals surface area contributed by atoms with Crippen molar-refractivity contribution in [2.24, 2.45) is 5.41 Å². The molecular formula is C14H22N2O4S. The van der Waals surface area contributed by atoms with Gasteiger partial charge in [0.25, 0.3) is 0 Å².